The van der Waals surface area contributed by atoms with Crippen LogP contribution in [0.15, 0.2) is 36.4 Å². The number of amides is 1. The van der Waals surface area contributed by atoms with Crippen LogP contribution >= 0.6 is 0 Å². The molecule has 0 saturated carbocycles. The SMILES string of the molecule is Cc1cccc(NC(=O)c2ccc(NCCCN(C)C)nn2)c1. The van der Waals surface area contributed by atoms with E-state index in [1.54, 1.807) is 12.1 Å². The molecule has 0 atom stereocenters. The Morgan fingerprint density at radius 1 is 1.17 bits per heavy atom. The lowest BCUT2D eigenvalue weighted by atomic mass is 10.2. The Morgan fingerprint density at radius 3 is 2.65 bits per heavy atom. The first-order chi connectivity index (χ1) is 11.0. The van der Waals surface area contributed by atoms with Gasteiger partial charge in [0.1, 0.15) is 5.82 Å². The molecule has 122 valence electrons. The lowest BCUT2D eigenvalue weighted by Crippen LogP contribution is -2.17. The number of benzene rings is 1. The first-order valence-electron chi connectivity index (χ1n) is 7.65. The first-order valence-corrected chi connectivity index (χ1v) is 7.65. The highest BCUT2D eigenvalue weighted by molar-refractivity contribution is 6.02. The van der Waals surface area contributed by atoms with Crippen molar-refractivity contribution in [3.05, 3.63) is 47.7 Å². The fraction of sp³-hybridized carbons (Fsp3) is 0.353. The molecule has 0 unspecified atom stereocenters. The minimum Gasteiger partial charge on any atom is -0.369 e. The van der Waals surface area contributed by atoms with E-state index in [0.717, 1.165) is 30.8 Å². The highest BCUT2D eigenvalue weighted by Gasteiger charge is 2.08. The third-order valence-corrected chi connectivity index (χ3v) is 3.26. The lowest BCUT2D eigenvalue weighted by Gasteiger charge is -2.10. The fourth-order valence-electron chi connectivity index (χ4n) is 2.08. The summed E-state index contributed by atoms with van der Waals surface area (Å²) in [6, 6.07) is 11.1. The first kappa shape index (κ1) is 16.9. The molecule has 0 saturated heterocycles. The van der Waals surface area contributed by atoms with Gasteiger partial charge in [-0.05, 0) is 63.8 Å². The van der Waals surface area contributed by atoms with Crippen LogP contribution in [0.5, 0.6) is 0 Å². The van der Waals surface area contributed by atoms with Gasteiger partial charge in [-0.2, -0.15) is 0 Å². The van der Waals surface area contributed by atoms with Crippen molar-refractivity contribution in [1.29, 1.82) is 0 Å². The Hall–Kier alpha value is -2.47. The van der Waals surface area contributed by atoms with E-state index < -0.39 is 0 Å². The highest BCUT2D eigenvalue weighted by atomic mass is 16.1. The quantitative estimate of drug-likeness (QED) is 0.768. The summed E-state index contributed by atoms with van der Waals surface area (Å²) in [5.74, 6) is 0.415. The molecule has 0 bridgehead atoms. The van der Waals surface area contributed by atoms with Crippen LogP contribution in [0.25, 0.3) is 0 Å². The Kier molecular flexibility index (Phi) is 6.05. The topological polar surface area (TPSA) is 70.2 Å². The average molecular weight is 313 g/mol. The van der Waals surface area contributed by atoms with Crippen LogP contribution in [0.1, 0.15) is 22.5 Å². The second-order valence-electron chi connectivity index (χ2n) is 5.71. The number of rotatable bonds is 7. The number of nitrogens with one attached hydrogen (secondary N) is 2. The van der Waals surface area contributed by atoms with E-state index in [0.29, 0.717) is 11.5 Å². The van der Waals surface area contributed by atoms with E-state index in [2.05, 4.69) is 25.7 Å². The second kappa shape index (κ2) is 8.24. The minimum absolute atomic E-state index is 0.262. The maximum atomic E-state index is 12.1. The summed E-state index contributed by atoms with van der Waals surface area (Å²) < 4.78 is 0. The lowest BCUT2D eigenvalue weighted by molar-refractivity contribution is 0.102. The zero-order chi connectivity index (χ0) is 16.7. The summed E-state index contributed by atoms with van der Waals surface area (Å²) >= 11 is 0. The van der Waals surface area contributed by atoms with Gasteiger partial charge in [-0.1, -0.05) is 12.1 Å². The summed E-state index contributed by atoms with van der Waals surface area (Å²) in [5.41, 5.74) is 2.14. The van der Waals surface area contributed by atoms with Crippen LogP contribution in [-0.4, -0.2) is 48.2 Å². The number of carbonyl (C=O) groups is 1. The molecule has 1 aromatic heterocycles. The standard InChI is InChI=1S/C17H23N5O/c1-13-6-4-7-14(12-13)19-17(23)15-8-9-16(21-20-15)18-10-5-11-22(2)3/h4,6-9,12H,5,10-11H2,1-3H3,(H,18,21)(H,19,23). The van der Waals surface area contributed by atoms with Crippen LogP contribution in [0.4, 0.5) is 11.5 Å². The number of hydrogen-bond acceptors (Lipinski definition) is 5. The molecular formula is C17H23N5O. The number of aromatic nitrogens is 2. The van der Waals surface area contributed by atoms with Gasteiger partial charge in [0, 0.05) is 12.2 Å². The van der Waals surface area contributed by atoms with E-state index >= 15 is 0 Å². The van der Waals surface area contributed by atoms with Gasteiger partial charge in [0.15, 0.2) is 5.69 Å². The summed E-state index contributed by atoms with van der Waals surface area (Å²) in [6.07, 6.45) is 1.02. The van der Waals surface area contributed by atoms with Crippen LogP contribution in [0.2, 0.25) is 0 Å². The van der Waals surface area contributed by atoms with Gasteiger partial charge in [0.25, 0.3) is 5.91 Å². The monoisotopic (exact) mass is 313 g/mol. The minimum atomic E-state index is -0.262. The van der Waals surface area contributed by atoms with Gasteiger partial charge in [-0.25, -0.2) is 0 Å². The van der Waals surface area contributed by atoms with E-state index in [1.165, 1.54) is 0 Å². The van der Waals surface area contributed by atoms with Crippen molar-refractivity contribution < 1.29 is 4.79 Å². The third kappa shape index (κ3) is 5.67. The summed E-state index contributed by atoms with van der Waals surface area (Å²) in [4.78, 5) is 14.3. The Labute approximate surface area is 136 Å². The molecule has 2 N–H and O–H groups in total. The third-order valence-electron chi connectivity index (χ3n) is 3.26. The highest BCUT2D eigenvalue weighted by Crippen LogP contribution is 2.11. The molecule has 1 aromatic carbocycles. The van der Waals surface area contributed by atoms with Gasteiger partial charge in [0.2, 0.25) is 0 Å². The number of carbonyl (C=O) groups excluding carboxylic acids is 1. The normalized spacial score (nSPS) is 10.6. The molecular weight excluding hydrogens is 290 g/mol. The van der Waals surface area contributed by atoms with Crippen LogP contribution in [-0.2, 0) is 0 Å². The second-order valence-corrected chi connectivity index (χ2v) is 5.71. The molecule has 0 aliphatic carbocycles. The molecule has 0 spiro atoms. The van der Waals surface area contributed by atoms with Crippen LogP contribution in [0, 0.1) is 6.92 Å². The van der Waals surface area contributed by atoms with Crippen molar-refractivity contribution in [1.82, 2.24) is 15.1 Å². The summed E-state index contributed by atoms with van der Waals surface area (Å²) in [5, 5.41) is 14.0. The zero-order valence-corrected chi connectivity index (χ0v) is 13.8. The van der Waals surface area contributed by atoms with Crippen LogP contribution in [0.3, 0.4) is 0 Å². The average Bonchev–Trinajstić information content (AvgIpc) is 2.52. The van der Waals surface area contributed by atoms with Crippen molar-refractivity contribution >= 4 is 17.4 Å². The largest absolute Gasteiger partial charge is 0.369 e. The Morgan fingerprint density at radius 2 is 2.00 bits per heavy atom. The molecule has 0 aliphatic rings. The van der Waals surface area contributed by atoms with Gasteiger partial charge >= 0.3 is 0 Å². The van der Waals surface area contributed by atoms with Crippen molar-refractivity contribution in [2.24, 2.45) is 0 Å². The molecule has 23 heavy (non-hydrogen) atoms. The molecule has 6 heteroatoms. The Balaban J connectivity index is 1.87. The van der Waals surface area contributed by atoms with Crippen molar-refractivity contribution in [2.75, 3.05) is 37.8 Å². The number of hydrogen-bond donors (Lipinski definition) is 2. The van der Waals surface area contributed by atoms with E-state index in [4.69, 9.17) is 0 Å². The van der Waals surface area contributed by atoms with Gasteiger partial charge < -0.3 is 15.5 Å². The summed E-state index contributed by atoms with van der Waals surface area (Å²) in [6.45, 7) is 3.81. The molecule has 1 amide bonds. The molecule has 2 rings (SSSR count). The molecule has 0 aliphatic heterocycles. The number of aryl methyl sites for hydroxylation is 1. The fourth-order valence-corrected chi connectivity index (χ4v) is 2.08. The van der Waals surface area contributed by atoms with E-state index in [-0.39, 0.29) is 5.91 Å². The van der Waals surface area contributed by atoms with Crippen molar-refractivity contribution in [2.45, 2.75) is 13.3 Å². The van der Waals surface area contributed by atoms with E-state index in [1.807, 2.05) is 45.3 Å². The maximum Gasteiger partial charge on any atom is 0.276 e. The van der Waals surface area contributed by atoms with Crippen LogP contribution < -0.4 is 10.6 Å². The van der Waals surface area contributed by atoms with Gasteiger partial charge in [-0.15, -0.1) is 10.2 Å². The van der Waals surface area contributed by atoms with E-state index in [9.17, 15) is 4.79 Å². The maximum absolute atomic E-state index is 12.1. The smallest absolute Gasteiger partial charge is 0.276 e. The van der Waals surface area contributed by atoms with Gasteiger partial charge in [-0.3, -0.25) is 4.79 Å². The molecule has 1 heterocycles. The molecule has 0 radical (unpaired) electrons. The predicted octanol–water partition coefficient (Wildman–Crippen LogP) is 2.40. The van der Waals surface area contributed by atoms with Gasteiger partial charge in [0.05, 0.1) is 0 Å². The number of anilines is 2. The molecule has 6 nitrogen and oxygen atoms in total. The van der Waals surface area contributed by atoms with Crippen molar-refractivity contribution in [3.8, 4) is 0 Å². The molecule has 2 aromatic rings. The number of nitrogens with zero attached hydrogens (tertiary/aromatic N) is 3. The van der Waals surface area contributed by atoms with Crippen molar-refractivity contribution in [3.63, 3.8) is 0 Å². The predicted molar refractivity (Wildman–Crippen MR) is 92.8 cm³/mol. The Bertz CT molecular complexity index is 640. The molecule has 0 fully saturated rings. The summed E-state index contributed by atoms with van der Waals surface area (Å²) in [7, 11) is 4.09. The zero-order valence-electron chi connectivity index (χ0n) is 13.8.